The smallest absolute Gasteiger partial charge is 0.259 e. The van der Waals surface area contributed by atoms with Crippen molar-refractivity contribution in [3.8, 4) is 0 Å². The van der Waals surface area contributed by atoms with Crippen LogP contribution >= 0.6 is 23.1 Å². The van der Waals surface area contributed by atoms with Crippen LogP contribution in [0.3, 0.4) is 0 Å². The Hall–Kier alpha value is -1.34. The van der Waals surface area contributed by atoms with Crippen LogP contribution in [0.1, 0.15) is 48.9 Å². The molecule has 0 saturated heterocycles. The fourth-order valence-corrected chi connectivity index (χ4v) is 5.15. The van der Waals surface area contributed by atoms with Crippen molar-refractivity contribution in [3.63, 3.8) is 0 Å². The number of aryl methyl sites for hydroxylation is 2. The van der Waals surface area contributed by atoms with E-state index in [-0.39, 0.29) is 16.7 Å². The van der Waals surface area contributed by atoms with Gasteiger partial charge in [-0.1, -0.05) is 0 Å². The minimum absolute atomic E-state index is 0.0231. The van der Waals surface area contributed by atoms with Crippen LogP contribution in [-0.2, 0) is 23.4 Å². The maximum absolute atomic E-state index is 12.5. The monoisotopic (exact) mass is 363 g/mol. The second-order valence-corrected chi connectivity index (χ2v) is 9.05. The molecule has 0 bridgehead atoms. The predicted octanol–water partition coefficient (Wildman–Crippen LogP) is 2.76. The van der Waals surface area contributed by atoms with Crippen molar-refractivity contribution in [1.82, 2.24) is 15.3 Å². The molecule has 2 aromatic rings. The van der Waals surface area contributed by atoms with Crippen LogP contribution in [0.5, 0.6) is 0 Å². The fraction of sp³-hybridized carbons (Fsp3) is 0.588. The summed E-state index contributed by atoms with van der Waals surface area (Å²) in [6, 6.07) is 0.382. The highest BCUT2D eigenvalue weighted by Gasteiger charge is 2.26. The summed E-state index contributed by atoms with van der Waals surface area (Å²) in [6.07, 6.45) is 6.61. The molecule has 128 valence electrons. The number of nitrogens with zero attached hydrogens (tertiary/aromatic N) is 1. The fourth-order valence-electron chi connectivity index (χ4n) is 3.10. The highest BCUT2D eigenvalue weighted by molar-refractivity contribution is 7.99. The second kappa shape index (κ2) is 6.52. The molecule has 0 spiro atoms. The Morgan fingerprint density at radius 2 is 2.21 bits per heavy atom. The Morgan fingerprint density at radius 3 is 3.00 bits per heavy atom. The maximum atomic E-state index is 12.5. The number of carbonyl (C=O) groups is 1. The Morgan fingerprint density at radius 1 is 1.42 bits per heavy atom. The zero-order valence-corrected chi connectivity index (χ0v) is 15.3. The number of hydrogen-bond donors (Lipinski definition) is 2. The molecule has 1 saturated carbocycles. The summed E-state index contributed by atoms with van der Waals surface area (Å²) in [4.78, 5) is 34.3. The highest BCUT2D eigenvalue weighted by Crippen LogP contribution is 2.33. The van der Waals surface area contributed by atoms with Crippen LogP contribution in [0.2, 0.25) is 0 Å². The molecule has 1 atom stereocenters. The molecular formula is C17H21N3O2S2. The van der Waals surface area contributed by atoms with Gasteiger partial charge in [0.1, 0.15) is 10.7 Å². The van der Waals surface area contributed by atoms with Gasteiger partial charge in [-0.15, -0.1) is 23.1 Å². The summed E-state index contributed by atoms with van der Waals surface area (Å²) in [5, 5.41) is 3.67. The molecule has 7 heteroatoms. The van der Waals surface area contributed by atoms with Gasteiger partial charge in [-0.3, -0.25) is 9.59 Å². The minimum Gasteiger partial charge on any atom is -0.352 e. The third-order valence-corrected chi connectivity index (χ3v) is 6.98. The van der Waals surface area contributed by atoms with Gasteiger partial charge in [0, 0.05) is 10.9 Å². The molecule has 2 heterocycles. The molecule has 1 amide bonds. The number of thioether (sulfide) groups is 1. The number of aromatic nitrogens is 2. The van der Waals surface area contributed by atoms with Gasteiger partial charge in [0.15, 0.2) is 0 Å². The largest absolute Gasteiger partial charge is 0.352 e. The molecule has 4 rings (SSSR count). The van der Waals surface area contributed by atoms with E-state index in [2.05, 4.69) is 15.3 Å². The standard InChI is InChI=1S/C17H21N3O2S2/c1-9(15(21)18-10-6-7-10)23-8-13-19-16(22)14-11-4-2-3-5-12(11)24-17(14)20-13/h9-10H,2-8H2,1H3,(H,18,21)(H,19,20,22)/t9-/m0/s1. The summed E-state index contributed by atoms with van der Waals surface area (Å²) in [6.45, 7) is 1.91. The first-order valence-electron chi connectivity index (χ1n) is 8.57. The molecule has 0 unspecified atom stereocenters. The lowest BCUT2D eigenvalue weighted by Crippen LogP contribution is -2.32. The Labute approximate surface area is 148 Å². The number of aromatic amines is 1. The van der Waals surface area contributed by atoms with Gasteiger partial charge in [0.05, 0.1) is 16.4 Å². The van der Waals surface area contributed by atoms with Gasteiger partial charge in [0.2, 0.25) is 5.91 Å². The molecule has 1 fully saturated rings. The van der Waals surface area contributed by atoms with E-state index in [0.29, 0.717) is 17.6 Å². The quantitative estimate of drug-likeness (QED) is 0.857. The number of amides is 1. The molecule has 2 aromatic heterocycles. The molecule has 0 radical (unpaired) electrons. The molecule has 0 aromatic carbocycles. The number of hydrogen-bond acceptors (Lipinski definition) is 5. The third kappa shape index (κ3) is 3.24. The first-order valence-corrected chi connectivity index (χ1v) is 10.4. The molecule has 2 aliphatic rings. The first kappa shape index (κ1) is 16.1. The zero-order valence-electron chi connectivity index (χ0n) is 13.7. The van der Waals surface area contributed by atoms with E-state index in [1.165, 1.54) is 28.6 Å². The van der Waals surface area contributed by atoms with E-state index in [4.69, 9.17) is 0 Å². The normalized spacial score (nSPS) is 18.4. The molecular weight excluding hydrogens is 342 g/mol. The lowest BCUT2D eigenvalue weighted by Gasteiger charge is -2.11. The molecule has 0 aliphatic heterocycles. The van der Waals surface area contributed by atoms with Gasteiger partial charge < -0.3 is 10.3 Å². The summed E-state index contributed by atoms with van der Waals surface area (Å²) in [5.41, 5.74) is 1.19. The number of fused-ring (bicyclic) bond motifs is 3. The Balaban J connectivity index is 1.50. The molecule has 24 heavy (non-hydrogen) atoms. The van der Waals surface area contributed by atoms with Gasteiger partial charge in [0.25, 0.3) is 5.56 Å². The molecule has 2 aliphatic carbocycles. The average molecular weight is 364 g/mol. The van der Waals surface area contributed by atoms with Crippen LogP contribution in [-0.4, -0.2) is 27.2 Å². The third-order valence-electron chi connectivity index (χ3n) is 4.64. The van der Waals surface area contributed by atoms with Crippen LogP contribution in [0.25, 0.3) is 10.2 Å². The summed E-state index contributed by atoms with van der Waals surface area (Å²) in [7, 11) is 0. The van der Waals surface area contributed by atoms with Crippen molar-refractivity contribution in [2.24, 2.45) is 0 Å². The number of carbonyl (C=O) groups excluding carboxylic acids is 1. The maximum Gasteiger partial charge on any atom is 0.259 e. The van der Waals surface area contributed by atoms with Crippen LogP contribution in [0.15, 0.2) is 4.79 Å². The van der Waals surface area contributed by atoms with Crippen molar-refractivity contribution in [1.29, 1.82) is 0 Å². The Bertz CT molecular complexity index is 838. The van der Waals surface area contributed by atoms with E-state index in [1.807, 2.05) is 6.92 Å². The summed E-state index contributed by atoms with van der Waals surface area (Å²) in [5.74, 6) is 1.30. The SMILES string of the molecule is C[C@H](SCc1nc2sc3c(c2c(=O)[nH]1)CCCC3)C(=O)NC1CC1. The average Bonchev–Trinajstić information content (AvgIpc) is 3.29. The van der Waals surface area contributed by atoms with E-state index in [1.54, 1.807) is 11.3 Å². The number of H-pyrrole nitrogens is 1. The summed E-state index contributed by atoms with van der Waals surface area (Å²) < 4.78 is 0. The van der Waals surface area contributed by atoms with Crippen molar-refractivity contribution in [2.45, 2.75) is 62.5 Å². The number of rotatable bonds is 5. The van der Waals surface area contributed by atoms with Crippen LogP contribution in [0, 0.1) is 0 Å². The predicted molar refractivity (Wildman–Crippen MR) is 98.8 cm³/mol. The van der Waals surface area contributed by atoms with Gasteiger partial charge >= 0.3 is 0 Å². The van der Waals surface area contributed by atoms with Crippen molar-refractivity contribution in [3.05, 3.63) is 26.6 Å². The minimum atomic E-state index is -0.136. The lowest BCUT2D eigenvalue weighted by atomic mass is 9.97. The second-order valence-electron chi connectivity index (χ2n) is 6.64. The Kier molecular flexibility index (Phi) is 4.39. The number of nitrogens with one attached hydrogen (secondary N) is 2. The van der Waals surface area contributed by atoms with Gasteiger partial charge in [-0.25, -0.2) is 4.98 Å². The number of thiophene rings is 1. The van der Waals surface area contributed by atoms with E-state index in [9.17, 15) is 9.59 Å². The topological polar surface area (TPSA) is 74.8 Å². The van der Waals surface area contributed by atoms with Crippen molar-refractivity contribution >= 4 is 39.2 Å². The van der Waals surface area contributed by atoms with Gasteiger partial charge in [-0.05, 0) is 51.0 Å². The van der Waals surface area contributed by atoms with E-state index < -0.39 is 0 Å². The summed E-state index contributed by atoms with van der Waals surface area (Å²) >= 11 is 3.19. The molecule has 5 nitrogen and oxygen atoms in total. The first-order chi connectivity index (χ1) is 11.6. The highest BCUT2D eigenvalue weighted by atomic mass is 32.2. The van der Waals surface area contributed by atoms with Gasteiger partial charge in [-0.2, -0.15) is 0 Å². The van der Waals surface area contributed by atoms with Crippen molar-refractivity contribution in [2.75, 3.05) is 0 Å². The van der Waals surface area contributed by atoms with E-state index in [0.717, 1.165) is 42.3 Å². The molecule has 2 N–H and O–H groups in total. The van der Waals surface area contributed by atoms with Crippen LogP contribution in [0.4, 0.5) is 0 Å². The lowest BCUT2D eigenvalue weighted by molar-refractivity contribution is -0.120. The zero-order chi connectivity index (χ0) is 16.7. The van der Waals surface area contributed by atoms with Crippen molar-refractivity contribution < 1.29 is 4.79 Å². The van der Waals surface area contributed by atoms with E-state index >= 15 is 0 Å². The van der Waals surface area contributed by atoms with Crippen LogP contribution < -0.4 is 10.9 Å².